The second-order valence-corrected chi connectivity index (χ2v) is 8.17. The maximum atomic E-state index is 13.1. The lowest BCUT2D eigenvalue weighted by Crippen LogP contribution is -2.35. The van der Waals surface area contributed by atoms with Gasteiger partial charge in [-0.25, -0.2) is 4.39 Å². The summed E-state index contributed by atoms with van der Waals surface area (Å²) in [7, 11) is 1.60. The van der Waals surface area contributed by atoms with Crippen LogP contribution in [0.2, 0.25) is 0 Å². The zero-order chi connectivity index (χ0) is 21.1. The summed E-state index contributed by atoms with van der Waals surface area (Å²) in [6.45, 7) is 1.40. The molecule has 0 saturated carbocycles. The molecule has 4 rings (SSSR count). The van der Waals surface area contributed by atoms with E-state index < -0.39 is 0 Å². The Bertz CT molecular complexity index is 1080. The number of rotatable bonds is 5. The average Bonchev–Trinajstić information content (AvgIpc) is 3.21. The van der Waals surface area contributed by atoms with Crippen molar-refractivity contribution in [2.45, 2.75) is 19.5 Å². The standard InChI is InChI=1S/C23H21FN2O3S/c1-29-19-5-3-2-4-16(19)13-25-22(27)21-12-17-14-26(11-10-20(17)30-21)23(28)15-6-8-18(24)9-7-15/h2-9,12H,10-11,13-14H2,1H3,(H,25,27). The Hall–Kier alpha value is -3.19. The number of carbonyl (C=O) groups is 2. The number of thiophene rings is 1. The fourth-order valence-corrected chi connectivity index (χ4v) is 4.58. The molecule has 1 aliphatic heterocycles. The van der Waals surface area contributed by atoms with Crippen molar-refractivity contribution < 1.29 is 18.7 Å². The first-order valence-corrected chi connectivity index (χ1v) is 10.4. The number of hydrogen-bond acceptors (Lipinski definition) is 4. The van der Waals surface area contributed by atoms with Crippen LogP contribution in [0.3, 0.4) is 0 Å². The van der Waals surface area contributed by atoms with E-state index in [-0.39, 0.29) is 17.6 Å². The molecule has 0 atom stereocenters. The smallest absolute Gasteiger partial charge is 0.261 e. The number of ether oxygens (including phenoxy) is 1. The van der Waals surface area contributed by atoms with E-state index >= 15 is 0 Å². The molecule has 1 aromatic heterocycles. The fraction of sp³-hybridized carbons (Fsp3) is 0.217. The molecule has 1 aliphatic rings. The Morgan fingerprint density at radius 2 is 1.93 bits per heavy atom. The maximum absolute atomic E-state index is 13.1. The number of benzene rings is 2. The summed E-state index contributed by atoms with van der Waals surface area (Å²) in [5.74, 6) is 0.0954. The van der Waals surface area contributed by atoms with Crippen LogP contribution in [0, 0.1) is 5.82 Å². The number of fused-ring (bicyclic) bond motifs is 1. The summed E-state index contributed by atoms with van der Waals surface area (Å²) in [6, 6.07) is 15.0. The molecule has 30 heavy (non-hydrogen) atoms. The van der Waals surface area contributed by atoms with Crippen LogP contribution in [0.1, 0.15) is 36.0 Å². The lowest BCUT2D eigenvalue weighted by atomic mass is 10.1. The summed E-state index contributed by atoms with van der Waals surface area (Å²) >= 11 is 1.47. The van der Waals surface area contributed by atoms with Crippen molar-refractivity contribution in [2.24, 2.45) is 0 Å². The molecule has 2 heterocycles. The van der Waals surface area contributed by atoms with E-state index in [1.54, 1.807) is 12.0 Å². The van der Waals surface area contributed by atoms with Gasteiger partial charge in [-0.2, -0.15) is 0 Å². The summed E-state index contributed by atoms with van der Waals surface area (Å²) in [5.41, 5.74) is 2.36. The van der Waals surface area contributed by atoms with Crippen molar-refractivity contribution in [2.75, 3.05) is 13.7 Å². The Kier molecular flexibility index (Phi) is 5.81. The highest BCUT2D eigenvalue weighted by Crippen LogP contribution is 2.29. The summed E-state index contributed by atoms with van der Waals surface area (Å²) in [6.07, 6.45) is 0.701. The number of hydrogen-bond donors (Lipinski definition) is 1. The molecule has 0 radical (unpaired) electrons. The van der Waals surface area contributed by atoms with Gasteiger partial charge in [0, 0.05) is 35.6 Å². The van der Waals surface area contributed by atoms with Crippen molar-refractivity contribution in [1.29, 1.82) is 0 Å². The molecule has 7 heteroatoms. The first kappa shape index (κ1) is 20.1. The monoisotopic (exact) mass is 424 g/mol. The fourth-order valence-electron chi connectivity index (χ4n) is 3.50. The van der Waals surface area contributed by atoms with Crippen LogP contribution in [0.15, 0.2) is 54.6 Å². The molecular weight excluding hydrogens is 403 g/mol. The molecule has 0 saturated heterocycles. The number of nitrogens with zero attached hydrogens (tertiary/aromatic N) is 1. The molecule has 0 bridgehead atoms. The third-order valence-corrected chi connectivity index (χ3v) is 6.34. The quantitative estimate of drug-likeness (QED) is 0.673. The van der Waals surface area contributed by atoms with Gasteiger partial charge in [0.05, 0.1) is 12.0 Å². The SMILES string of the molecule is COc1ccccc1CNC(=O)c1cc2c(s1)CCN(C(=O)c1ccc(F)cc1)C2. The van der Waals surface area contributed by atoms with E-state index in [1.807, 2.05) is 30.3 Å². The Labute approximate surface area is 178 Å². The minimum Gasteiger partial charge on any atom is -0.496 e. The zero-order valence-electron chi connectivity index (χ0n) is 16.5. The predicted octanol–water partition coefficient (Wildman–Crippen LogP) is 4.02. The number of para-hydroxylation sites is 1. The van der Waals surface area contributed by atoms with E-state index in [0.29, 0.717) is 36.5 Å². The Morgan fingerprint density at radius 1 is 1.17 bits per heavy atom. The van der Waals surface area contributed by atoms with Crippen LogP contribution >= 0.6 is 11.3 Å². The molecule has 0 fully saturated rings. The van der Waals surface area contributed by atoms with E-state index in [9.17, 15) is 14.0 Å². The van der Waals surface area contributed by atoms with Crippen LogP contribution in [0.4, 0.5) is 4.39 Å². The molecular formula is C23H21FN2O3S. The van der Waals surface area contributed by atoms with Gasteiger partial charge in [-0.15, -0.1) is 11.3 Å². The largest absolute Gasteiger partial charge is 0.496 e. The van der Waals surface area contributed by atoms with Crippen LogP contribution in [-0.2, 0) is 19.5 Å². The number of carbonyl (C=O) groups excluding carboxylic acids is 2. The highest BCUT2D eigenvalue weighted by atomic mass is 32.1. The highest BCUT2D eigenvalue weighted by molar-refractivity contribution is 7.14. The van der Waals surface area contributed by atoms with Gasteiger partial charge in [-0.1, -0.05) is 18.2 Å². The van der Waals surface area contributed by atoms with Gasteiger partial charge in [-0.05, 0) is 48.4 Å². The lowest BCUT2D eigenvalue weighted by Gasteiger charge is -2.27. The van der Waals surface area contributed by atoms with Crippen molar-refractivity contribution >= 4 is 23.2 Å². The minimum atomic E-state index is -0.367. The molecule has 0 unspecified atom stereocenters. The number of nitrogens with one attached hydrogen (secondary N) is 1. The predicted molar refractivity (Wildman–Crippen MR) is 113 cm³/mol. The second kappa shape index (κ2) is 8.67. The van der Waals surface area contributed by atoms with Crippen LogP contribution in [-0.4, -0.2) is 30.4 Å². The molecule has 154 valence electrons. The van der Waals surface area contributed by atoms with Gasteiger partial charge in [-0.3, -0.25) is 9.59 Å². The average molecular weight is 424 g/mol. The van der Waals surface area contributed by atoms with Gasteiger partial charge in [0.2, 0.25) is 0 Å². The van der Waals surface area contributed by atoms with E-state index in [4.69, 9.17) is 4.74 Å². The second-order valence-electron chi connectivity index (χ2n) is 7.04. The van der Waals surface area contributed by atoms with Crippen LogP contribution in [0.5, 0.6) is 5.75 Å². The summed E-state index contributed by atoms with van der Waals surface area (Å²) in [4.78, 5) is 28.8. The van der Waals surface area contributed by atoms with Crippen molar-refractivity contribution in [1.82, 2.24) is 10.2 Å². The molecule has 1 N–H and O–H groups in total. The normalized spacial score (nSPS) is 12.9. The number of methoxy groups -OCH3 is 1. The van der Waals surface area contributed by atoms with Gasteiger partial charge in [0.1, 0.15) is 11.6 Å². The summed E-state index contributed by atoms with van der Waals surface area (Å²) in [5, 5.41) is 2.94. The van der Waals surface area contributed by atoms with E-state index in [1.165, 1.54) is 35.6 Å². The van der Waals surface area contributed by atoms with Crippen LogP contribution < -0.4 is 10.1 Å². The first-order valence-electron chi connectivity index (χ1n) is 9.61. The third kappa shape index (κ3) is 4.21. The van der Waals surface area contributed by atoms with E-state index in [0.717, 1.165) is 21.8 Å². The Balaban J connectivity index is 1.42. The zero-order valence-corrected chi connectivity index (χ0v) is 17.3. The molecule has 2 amide bonds. The van der Waals surface area contributed by atoms with Gasteiger partial charge in [0.25, 0.3) is 11.8 Å². The van der Waals surface area contributed by atoms with Crippen molar-refractivity contribution in [3.63, 3.8) is 0 Å². The van der Waals surface area contributed by atoms with E-state index in [2.05, 4.69) is 5.32 Å². The van der Waals surface area contributed by atoms with Gasteiger partial charge in [0.15, 0.2) is 0 Å². The summed E-state index contributed by atoms with van der Waals surface area (Å²) < 4.78 is 18.4. The van der Waals surface area contributed by atoms with Gasteiger partial charge < -0.3 is 15.0 Å². The molecule has 2 aromatic carbocycles. The third-order valence-electron chi connectivity index (χ3n) is 5.10. The number of amides is 2. The number of halogens is 1. The molecule has 0 spiro atoms. The van der Waals surface area contributed by atoms with Crippen LogP contribution in [0.25, 0.3) is 0 Å². The Morgan fingerprint density at radius 3 is 2.70 bits per heavy atom. The molecule has 3 aromatic rings. The van der Waals surface area contributed by atoms with Gasteiger partial charge >= 0.3 is 0 Å². The highest BCUT2D eigenvalue weighted by Gasteiger charge is 2.25. The molecule has 5 nitrogen and oxygen atoms in total. The van der Waals surface area contributed by atoms with Crippen molar-refractivity contribution in [3.05, 3.63) is 86.9 Å². The minimum absolute atomic E-state index is 0.131. The van der Waals surface area contributed by atoms with Crippen molar-refractivity contribution in [3.8, 4) is 5.75 Å². The topological polar surface area (TPSA) is 58.6 Å². The maximum Gasteiger partial charge on any atom is 0.261 e. The molecule has 0 aliphatic carbocycles. The first-order chi connectivity index (χ1) is 14.5. The lowest BCUT2D eigenvalue weighted by molar-refractivity contribution is 0.0735.